The molecule has 5 rings (SSSR count). The summed E-state index contributed by atoms with van der Waals surface area (Å²) in [5, 5.41) is 5.65. The number of hydrogen-bond acceptors (Lipinski definition) is 3. The van der Waals surface area contributed by atoms with Gasteiger partial charge in [0.25, 0.3) is 5.56 Å². The number of fused-ring (bicyclic) bond motifs is 2. The monoisotopic (exact) mass is 490 g/mol. The van der Waals surface area contributed by atoms with Crippen LogP contribution in [0.4, 0.5) is 10.5 Å². The standard InChI is InChI=1S/C31H30N4O2/c1-5-34(31(37)33-27-16-10-12-23-11-6-7-13-25(23)27)22(4)29-32-28-15-9-8-14-26(28)30(36)35(29)24-18-17-20(2)21(3)19-24/h6-19,22H,5H2,1-4H3,(H,33,37). The van der Waals surface area contributed by atoms with E-state index in [-0.39, 0.29) is 11.6 Å². The Labute approximate surface area is 216 Å². The summed E-state index contributed by atoms with van der Waals surface area (Å²) in [6, 6.07) is 26.4. The molecule has 1 heterocycles. The number of aromatic nitrogens is 2. The van der Waals surface area contributed by atoms with Gasteiger partial charge in [-0.2, -0.15) is 0 Å². The molecule has 0 saturated carbocycles. The third-order valence-corrected chi connectivity index (χ3v) is 7.02. The maximum Gasteiger partial charge on any atom is 0.322 e. The van der Waals surface area contributed by atoms with Gasteiger partial charge >= 0.3 is 6.03 Å². The third-order valence-electron chi connectivity index (χ3n) is 7.02. The number of nitrogens with zero attached hydrogens (tertiary/aromatic N) is 3. The molecule has 1 N–H and O–H groups in total. The molecule has 4 aromatic carbocycles. The summed E-state index contributed by atoms with van der Waals surface area (Å²) in [4.78, 5) is 34.0. The summed E-state index contributed by atoms with van der Waals surface area (Å²) in [5.41, 5.74) is 4.16. The molecule has 6 nitrogen and oxygen atoms in total. The normalized spacial score (nSPS) is 12.0. The summed E-state index contributed by atoms with van der Waals surface area (Å²) in [6.07, 6.45) is 0. The Hall–Kier alpha value is -4.45. The Balaban J connectivity index is 1.60. The second-order valence-corrected chi connectivity index (χ2v) is 9.32. The Morgan fingerprint density at radius 1 is 0.919 bits per heavy atom. The molecule has 0 fully saturated rings. The molecule has 1 aromatic heterocycles. The van der Waals surface area contributed by atoms with Gasteiger partial charge in [-0.25, -0.2) is 9.78 Å². The predicted molar refractivity (Wildman–Crippen MR) is 151 cm³/mol. The molecule has 0 aliphatic carbocycles. The number of carbonyl (C=O) groups excluding carboxylic acids is 1. The molecule has 37 heavy (non-hydrogen) atoms. The number of nitrogens with one attached hydrogen (secondary N) is 1. The largest absolute Gasteiger partial charge is 0.322 e. The minimum Gasteiger partial charge on any atom is -0.315 e. The highest BCUT2D eigenvalue weighted by Gasteiger charge is 2.26. The Kier molecular flexibility index (Phi) is 6.49. The third kappa shape index (κ3) is 4.47. The van der Waals surface area contributed by atoms with Crippen LogP contribution in [0.2, 0.25) is 0 Å². The quantitative estimate of drug-likeness (QED) is 0.296. The molecule has 0 aliphatic heterocycles. The highest BCUT2D eigenvalue weighted by molar-refractivity contribution is 6.01. The first kappa shape index (κ1) is 24.3. The Bertz CT molecular complexity index is 1680. The fourth-order valence-electron chi connectivity index (χ4n) is 4.80. The van der Waals surface area contributed by atoms with Gasteiger partial charge in [-0.3, -0.25) is 9.36 Å². The highest BCUT2D eigenvalue weighted by Crippen LogP contribution is 2.27. The van der Waals surface area contributed by atoms with Crippen molar-refractivity contribution in [2.45, 2.75) is 33.7 Å². The van der Waals surface area contributed by atoms with E-state index in [1.165, 1.54) is 0 Å². The van der Waals surface area contributed by atoms with Crippen LogP contribution in [-0.4, -0.2) is 27.0 Å². The molecule has 2 amide bonds. The zero-order valence-corrected chi connectivity index (χ0v) is 21.5. The number of aryl methyl sites for hydroxylation is 2. The van der Waals surface area contributed by atoms with Crippen molar-refractivity contribution in [2.24, 2.45) is 0 Å². The van der Waals surface area contributed by atoms with E-state index in [1.54, 1.807) is 15.5 Å². The van der Waals surface area contributed by atoms with Crippen LogP contribution in [0.3, 0.4) is 0 Å². The predicted octanol–water partition coefficient (Wildman–Crippen LogP) is 6.77. The van der Waals surface area contributed by atoms with Gasteiger partial charge in [0.15, 0.2) is 0 Å². The van der Waals surface area contributed by atoms with Crippen LogP contribution in [0.15, 0.2) is 89.7 Å². The van der Waals surface area contributed by atoms with Gasteiger partial charge in [0.1, 0.15) is 5.82 Å². The number of urea groups is 1. The number of benzene rings is 4. The lowest BCUT2D eigenvalue weighted by atomic mass is 10.1. The number of anilines is 1. The van der Waals surface area contributed by atoms with Crippen LogP contribution in [0.25, 0.3) is 27.4 Å². The number of rotatable bonds is 5. The average Bonchev–Trinajstić information content (AvgIpc) is 2.91. The van der Waals surface area contributed by atoms with Gasteiger partial charge in [0.2, 0.25) is 0 Å². The van der Waals surface area contributed by atoms with Gasteiger partial charge < -0.3 is 10.2 Å². The smallest absolute Gasteiger partial charge is 0.315 e. The number of para-hydroxylation sites is 1. The first-order chi connectivity index (χ1) is 17.9. The molecule has 186 valence electrons. The van der Waals surface area contributed by atoms with E-state index in [9.17, 15) is 9.59 Å². The van der Waals surface area contributed by atoms with E-state index >= 15 is 0 Å². The molecule has 0 bridgehead atoms. The summed E-state index contributed by atoms with van der Waals surface area (Å²) >= 11 is 0. The van der Waals surface area contributed by atoms with Crippen LogP contribution in [-0.2, 0) is 0 Å². The molecule has 1 atom stereocenters. The maximum atomic E-state index is 13.8. The van der Waals surface area contributed by atoms with E-state index in [4.69, 9.17) is 4.98 Å². The second kappa shape index (κ2) is 9.90. The first-order valence-corrected chi connectivity index (χ1v) is 12.5. The Morgan fingerprint density at radius 3 is 2.38 bits per heavy atom. The number of hydrogen-bond donors (Lipinski definition) is 1. The van der Waals surface area contributed by atoms with Crippen molar-refractivity contribution in [2.75, 3.05) is 11.9 Å². The summed E-state index contributed by atoms with van der Waals surface area (Å²) < 4.78 is 1.65. The van der Waals surface area contributed by atoms with E-state index < -0.39 is 6.04 Å². The van der Waals surface area contributed by atoms with Gasteiger partial charge in [-0.15, -0.1) is 0 Å². The zero-order valence-electron chi connectivity index (χ0n) is 21.5. The molecule has 1 unspecified atom stereocenters. The van der Waals surface area contributed by atoms with Crippen LogP contribution >= 0.6 is 0 Å². The second-order valence-electron chi connectivity index (χ2n) is 9.32. The van der Waals surface area contributed by atoms with Crippen molar-refractivity contribution in [1.82, 2.24) is 14.5 Å². The maximum absolute atomic E-state index is 13.8. The number of carbonyl (C=O) groups is 1. The van der Waals surface area contributed by atoms with Gasteiger partial charge in [-0.05, 0) is 74.5 Å². The van der Waals surface area contributed by atoms with Gasteiger partial charge in [0.05, 0.1) is 28.3 Å². The van der Waals surface area contributed by atoms with Crippen molar-refractivity contribution in [3.63, 3.8) is 0 Å². The van der Waals surface area contributed by atoms with Crippen LogP contribution < -0.4 is 10.9 Å². The van der Waals surface area contributed by atoms with Gasteiger partial charge in [-0.1, -0.05) is 54.6 Å². The first-order valence-electron chi connectivity index (χ1n) is 12.5. The molecular formula is C31H30N4O2. The number of amides is 2. The molecule has 0 saturated heterocycles. The fourth-order valence-corrected chi connectivity index (χ4v) is 4.80. The minimum atomic E-state index is -0.473. The Morgan fingerprint density at radius 2 is 1.62 bits per heavy atom. The highest BCUT2D eigenvalue weighted by atomic mass is 16.2. The van der Waals surface area contributed by atoms with E-state index in [2.05, 4.69) is 5.32 Å². The van der Waals surface area contributed by atoms with Gasteiger partial charge in [0, 0.05) is 11.9 Å². The molecule has 6 heteroatoms. The topological polar surface area (TPSA) is 67.2 Å². The summed E-state index contributed by atoms with van der Waals surface area (Å²) in [5.74, 6) is 0.516. The van der Waals surface area contributed by atoms with Crippen LogP contribution in [0, 0.1) is 13.8 Å². The minimum absolute atomic E-state index is 0.152. The molecular weight excluding hydrogens is 460 g/mol. The van der Waals surface area contributed by atoms with Crippen LogP contribution in [0.5, 0.6) is 0 Å². The summed E-state index contributed by atoms with van der Waals surface area (Å²) in [7, 11) is 0. The lowest BCUT2D eigenvalue weighted by Gasteiger charge is -2.30. The van der Waals surface area contributed by atoms with E-state index in [0.717, 1.165) is 33.3 Å². The van der Waals surface area contributed by atoms with E-state index in [0.29, 0.717) is 23.3 Å². The molecule has 5 aromatic rings. The molecule has 0 spiro atoms. The lowest BCUT2D eigenvalue weighted by molar-refractivity contribution is 0.193. The average molecular weight is 491 g/mol. The lowest BCUT2D eigenvalue weighted by Crippen LogP contribution is -2.39. The van der Waals surface area contributed by atoms with Crippen molar-refractivity contribution in [3.05, 3.63) is 112 Å². The van der Waals surface area contributed by atoms with Crippen molar-refractivity contribution in [1.29, 1.82) is 0 Å². The van der Waals surface area contributed by atoms with E-state index in [1.807, 2.05) is 107 Å². The van der Waals surface area contributed by atoms with Crippen LogP contribution in [0.1, 0.15) is 36.8 Å². The van der Waals surface area contributed by atoms with Crippen molar-refractivity contribution < 1.29 is 4.79 Å². The van der Waals surface area contributed by atoms with Crippen molar-refractivity contribution >= 4 is 33.4 Å². The SMILES string of the molecule is CCN(C(=O)Nc1cccc2ccccc12)C(C)c1nc2ccccc2c(=O)n1-c1ccc(C)c(C)c1. The van der Waals surface area contributed by atoms with Crippen molar-refractivity contribution in [3.8, 4) is 5.69 Å². The fraction of sp³-hybridized carbons (Fsp3) is 0.194. The molecule has 0 aliphatic rings. The molecule has 0 radical (unpaired) electrons. The zero-order chi connectivity index (χ0) is 26.1. The summed E-state index contributed by atoms with van der Waals surface area (Å²) in [6.45, 7) is 8.35.